The standard InChI is InChI=1S/C20H24N2O3/c1-12(2)16-7-5-6-14(4)19(16)22-18(23)11-25-20(24)15-9-8-13(3)17(21)10-15/h5-10,12H,11,21H2,1-4H3,(H,22,23). The molecule has 0 saturated heterocycles. The van der Waals surface area contributed by atoms with Crippen molar-refractivity contribution in [1.82, 2.24) is 0 Å². The van der Waals surface area contributed by atoms with Gasteiger partial charge in [0.25, 0.3) is 5.91 Å². The van der Waals surface area contributed by atoms with Crippen LogP contribution in [0.5, 0.6) is 0 Å². The zero-order valence-electron chi connectivity index (χ0n) is 15.1. The number of ether oxygens (including phenoxy) is 1. The van der Waals surface area contributed by atoms with Crippen molar-refractivity contribution in [2.24, 2.45) is 0 Å². The van der Waals surface area contributed by atoms with E-state index in [9.17, 15) is 9.59 Å². The first-order chi connectivity index (χ1) is 11.8. The Bertz CT molecular complexity index is 798. The van der Waals surface area contributed by atoms with E-state index < -0.39 is 5.97 Å². The second-order valence-electron chi connectivity index (χ2n) is 6.39. The number of esters is 1. The Kier molecular flexibility index (Phi) is 5.80. The summed E-state index contributed by atoms with van der Waals surface area (Å²) in [6.45, 7) is 7.56. The summed E-state index contributed by atoms with van der Waals surface area (Å²) in [6, 6.07) is 10.8. The Hall–Kier alpha value is -2.82. The number of nitrogens with two attached hydrogens (primary N) is 1. The highest BCUT2D eigenvalue weighted by atomic mass is 16.5. The Labute approximate surface area is 148 Å². The molecular weight excluding hydrogens is 316 g/mol. The van der Waals surface area contributed by atoms with E-state index in [1.807, 2.05) is 32.0 Å². The summed E-state index contributed by atoms with van der Waals surface area (Å²) in [4.78, 5) is 24.2. The van der Waals surface area contributed by atoms with Gasteiger partial charge in [-0.25, -0.2) is 4.79 Å². The van der Waals surface area contributed by atoms with Crippen LogP contribution in [0.15, 0.2) is 36.4 Å². The number of carbonyl (C=O) groups excluding carboxylic acids is 2. The van der Waals surface area contributed by atoms with E-state index in [1.54, 1.807) is 18.2 Å². The van der Waals surface area contributed by atoms with E-state index in [0.29, 0.717) is 11.3 Å². The van der Waals surface area contributed by atoms with E-state index >= 15 is 0 Å². The summed E-state index contributed by atoms with van der Waals surface area (Å²) in [6.07, 6.45) is 0. The summed E-state index contributed by atoms with van der Waals surface area (Å²) >= 11 is 0. The molecule has 0 aromatic heterocycles. The maximum atomic E-state index is 12.2. The van der Waals surface area contributed by atoms with Gasteiger partial charge < -0.3 is 15.8 Å². The molecule has 0 aliphatic carbocycles. The fourth-order valence-electron chi connectivity index (χ4n) is 2.50. The minimum atomic E-state index is -0.573. The first-order valence-electron chi connectivity index (χ1n) is 8.22. The molecule has 0 unspecified atom stereocenters. The number of hydrogen-bond acceptors (Lipinski definition) is 4. The Morgan fingerprint density at radius 1 is 1.12 bits per heavy atom. The van der Waals surface area contributed by atoms with Crippen LogP contribution in [0.2, 0.25) is 0 Å². The molecule has 132 valence electrons. The number of nitrogen functional groups attached to an aromatic ring is 1. The zero-order valence-corrected chi connectivity index (χ0v) is 15.1. The minimum Gasteiger partial charge on any atom is -0.452 e. The van der Waals surface area contributed by atoms with Crippen molar-refractivity contribution in [2.45, 2.75) is 33.6 Å². The van der Waals surface area contributed by atoms with Crippen LogP contribution in [0.3, 0.4) is 0 Å². The van der Waals surface area contributed by atoms with Gasteiger partial charge in [-0.1, -0.05) is 38.1 Å². The molecule has 0 fully saturated rings. The van der Waals surface area contributed by atoms with Gasteiger partial charge in [0.2, 0.25) is 0 Å². The fraction of sp³-hybridized carbons (Fsp3) is 0.300. The van der Waals surface area contributed by atoms with Crippen LogP contribution in [0.25, 0.3) is 0 Å². The third-order valence-electron chi connectivity index (χ3n) is 4.04. The van der Waals surface area contributed by atoms with Gasteiger partial charge in [0.05, 0.1) is 5.56 Å². The third-order valence-corrected chi connectivity index (χ3v) is 4.04. The number of benzene rings is 2. The van der Waals surface area contributed by atoms with E-state index in [-0.39, 0.29) is 18.4 Å². The molecule has 0 aliphatic rings. The van der Waals surface area contributed by atoms with Crippen molar-refractivity contribution < 1.29 is 14.3 Å². The molecule has 2 aromatic rings. The van der Waals surface area contributed by atoms with Crippen molar-refractivity contribution in [1.29, 1.82) is 0 Å². The summed E-state index contributed by atoms with van der Waals surface area (Å²) in [5.74, 6) is -0.673. The molecule has 0 saturated carbocycles. The smallest absolute Gasteiger partial charge is 0.338 e. The van der Waals surface area contributed by atoms with Gasteiger partial charge in [-0.3, -0.25) is 4.79 Å². The molecule has 3 N–H and O–H groups in total. The SMILES string of the molecule is Cc1ccc(C(=O)OCC(=O)Nc2c(C)cccc2C(C)C)cc1N. The van der Waals surface area contributed by atoms with Crippen LogP contribution in [0.1, 0.15) is 46.8 Å². The lowest BCUT2D eigenvalue weighted by Gasteiger charge is -2.16. The van der Waals surface area contributed by atoms with E-state index in [2.05, 4.69) is 19.2 Å². The Morgan fingerprint density at radius 3 is 2.48 bits per heavy atom. The average molecular weight is 340 g/mol. The van der Waals surface area contributed by atoms with Gasteiger partial charge in [0, 0.05) is 11.4 Å². The van der Waals surface area contributed by atoms with Gasteiger partial charge in [0.15, 0.2) is 6.61 Å². The molecule has 2 rings (SSSR count). The number of hydrogen-bond donors (Lipinski definition) is 2. The molecule has 5 nitrogen and oxygen atoms in total. The molecule has 0 spiro atoms. The predicted octanol–water partition coefficient (Wildman–Crippen LogP) is 3.80. The molecule has 25 heavy (non-hydrogen) atoms. The molecule has 0 heterocycles. The molecule has 5 heteroatoms. The van der Waals surface area contributed by atoms with Gasteiger partial charge in [-0.05, 0) is 48.6 Å². The summed E-state index contributed by atoms with van der Waals surface area (Å²) < 4.78 is 5.09. The monoisotopic (exact) mass is 340 g/mol. The van der Waals surface area contributed by atoms with E-state index in [4.69, 9.17) is 10.5 Å². The van der Waals surface area contributed by atoms with E-state index in [0.717, 1.165) is 22.4 Å². The minimum absolute atomic E-state index is 0.272. The molecule has 0 aliphatic heterocycles. The summed E-state index contributed by atoms with van der Waals surface area (Å²) in [5.41, 5.74) is 10.3. The lowest BCUT2D eigenvalue weighted by Crippen LogP contribution is -2.22. The van der Waals surface area contributed by atoms with Crippen LogP contribution >= 0.6 is 0 Å². The predicted molar refractivity (Wildman–Crippen MR) is 99.8 cm³/mol. The number of anilines is 2. The van der Waals surface area contributed by atoms with Crippen LogP contribution < -0.4 is 11.1 Å². The molecule has 0 bridgehead atoms. The second-order valence-corrected chi connectivity index (χ2v) is 6.39. The first kappa shape index (κ1) is 18.5. The van der Waals surface area contributed by atoms with Gasteiger partial charge in [-0.2, -0.15) is 0 Å². The number of amides is 1. The highest BCUT2D eigenvalue weighted by Crippen LogP contribution is 2.27. The number of aryl methyl sites for hydroxylation is 2. The van der Waals surface area contributed by atoms with Crippen LogP contribution in [-0.2, 0) is 9.53 Å². The van der Waals surface area contributed by atoms with Gasteiger partial charge in [-0.15, -0.1) is 0 Å². The number of para-hydroxylation sites is 1. The zero-order chi connectivity index (χ0) is 18.6. The van der Waals surface area contributed by atoms with Crippen LogP contribution in [0, 0.1) is 13.8 Å². The van der Waals surface area contributed by atoms with Crippen LogP contribution in [-0.4, -0.2) is 18.5 Å². The lowest BCUT2D eigenvalue weighted by molar-refractivity contribution is -0.119. The average Bonchev–Trinajstić information content (AvgIpc) is 2.56. The first-order valence-corrected chi connectivity index (χ1v) is 8.22. The van der Waals surface area contributed by atoms with Crippen LogP contribution in [0.4, 0.5) is 11.4 Å². The molecule has 0 atom stereocenters. The van der Waals surface area contributed by atoms with Crippen molar-refractivity contribution in [2.75, 3.05) is 17.7 Å². The highest BCUT2D eigenvalue weighted by molar-refractivity contribution is 5.96. The largest absolute Gasteiger partial charge is 0.452 e. The lowest BCUT2D eigenvalue weighted by atomic mass is 9.98. The van der Waals surface area contributed by atoms with Crippen molar-refractivity contribution in [3.8, 4) is 0 Å². The van der Waals surface area contributed by atoms with E-state index in [1.165, 1.54) is 0 Å². The maximum absolute atomic E-state index is 12.2. The topological polar surface area (TPSA) is 81.4 Å². The summed E-state index contributed by atoms with van der Waals surface area (Å²) in [7, 11) is 0. The Balaban J connectivity index is 2.02. The summed E-state index contributed by atoms with van der Waals surface area (Å²) in [5, 5.41) is 2.85. The number of nitrogens with one attached hydrogen (secondary N) is 1. The maximum Gasteiger partial charge on any atom is 0.338 e. The van der Waals surface area contributed by atoms with Gasteiger partial charge >= 0.3 is 5.97 Å². The molecule has 1 amide bonds. The highest BCUT2D eigenvalue weighted by Gasteiger charge is 2.14. The molecule has 0 radical (unpaired) electrons. The third kappa shape index (κ3) is 4.59. The second kappa shape index (κ2) is 7.83. The van der Waals surface area contributed by atoms with Crippen molar-refractivity contribution >= 4 is 23.3 Å². The molecular formula is C20H24N2O3. The van der Waals surface area contributed by atoms with Crippen molar-refractivity contribution in [3.05, 3.63) is 58.7 Å². The normalized spacial score (nSPS) is 10.6. The number of rotatable bonds is 5. The van der Waals surface area contributed by atoms with Crippen molar-refractivity contribution in [3.63, 3.8) is 0 Å². The fourth-order valence-corrected chi connectivity index (χ4v) is 2.50. The number of carbonyl (C=O) groups is 2. The van der Waals surface area contributed by atoms with Gasteiger partial charge in [0.1, 0.15) is 0 Å². The molecule has 2 aromatic carbocycles. The Morgan fingerprint density at radius 2 is 1.84 bits per heavy atom. The quantitative estimate of drug-likeness (QED) is 0.641.